The average Bonchev–Trinajstić information content (AvgIpc) is 2.75. The monoisotopic (exact) mass is 236 g/mol. The van der Waals surface area contributed by atoms with Crippen molar-refractivity contribution < 1.29 is 4.79 Å². The number of anilines is 1. The number of nitrogens with zero attached hydrogens (tertiary/aromatic N) is 1. The predicted octanol–water partition coefficient (Wildman–Crippen LogP) is 2.96. The maximum absolute atomic E-state index is 12.1. The quantitative estimate of drug-likeness (QED) is 0.773. The Bertz CT molecular complexity index is 645. The van der Waals surface area contributed by atoms with E-state index in [1.165, 1.54) is 0 Å². The van der Waals surface area contributed by atoms with Crippen molar-refractivity contribution >= 4 is 22.7 Å². The Morgan fingerprint density at radius 2 is 2.00 bits per heavy atom. The lowest BCUT2D eigenvalue weighted by Gasteiger charge is -2.05. The van der Waals surface area contributed by atoms with Crippen LogP contribution < -0.4 is 5.32 Å². The second-order valence-electron chi connectivity index (χ2n) is 4.24. The molecule has 3 heteroatoms. The third kappa shape index (κ3) is 1.61. The second kappa shape index (κ2) is 4.11. The Morgan fingerprint density at radius 1 is 1.17 bits per heavy atom. The van der Waals surface area contributed by atoms with Crippen molar-refractivity contribution in [3.05, 3.63) is 59.9 Å². The normalized spacial score (nSPS) is 16.2. The molecule has 18 heavy (non-hydrogen) atoms. The van der Waals surface area contributed by atoms with Gasteiger partial charge in [0.15, 0.2) is 0 Å². The van der Waals surface area contributed by atoms with Crippen molar-refractivity contribution in [2.24, 2.45) is 0 Å². The molecule has 1 aliphatic heterocycles. The van der Waals surface area contributed by atoms with Crippen LogP contribution in [-0.4, -0.2) is 10.9 Å². The van der Waals surface area contributed by atoms with E-state index in [4.69, 9.17) is 0 Å². The van der Waals surface area contributed by atoms with Gasteiger partial charge in [0.2, 0.25) is 0 Å². The first-order chi connectivity index (χ1) is 8.77. The minimum Gasteiger partial charge on any atom is -0.321 e. The van der Waals surface area contributed by atoms with Gasteiger partial charge in [-0.15, -0.1) is 0 Å². The number of carbonyl (C=O) groups excluding carboxylic acids is 1. The largest absolute Gasteiger partial charge is 0.321 e. The van der Waals surface area contributed by atoms with Crippen molar-refractivity contribution in [1.82, 2.24) is 4.98 Å². The van der Waals surface area contributed by atoms with E-state index in [2.05, 4.69) is 10.3 Å². The summed E-state index contributed by atoms with van der Waals surface area (Å²) >= 11 is 0. The highest BCUT2D eigenvalue weighted by Crippen LogP contribution is 2.36. The molecular weight excluding hydrogens is 224 g/mol. The average molecular weight is 236 g/mol. The van der Waals surface area contributed by atoms with Crippen LogP contribution in [0.5, 0.6) is 0 Å². The Balaban J connectivity index is 2.20. The van der Waals surface area contributed by atoms with Crippen molar-refractivity contribution in [3.63, 3.8) is 0 Å². The lowest BCUT2D eigenvalue weighted by atomic mass is 9.98. The molecule has 1 amide bonds. The molecule has 3 nitrogen and oxygen atoms in total. The molecule has 88 valence electrons. The van der Waals surface area contributed by atoms with Crippen molar-refractivity contribution in [3.8, 4) is 0 Å². The van der Waals surface area contributed by atoms with Gasteiger partial charge in [-0.3, -0.25) is 9.78 Å². The first-order valence-electron chi connectivity index (χ1n) is 5.79. The molecule has 0 aliphatic carbocycles. The second-order valence-corrected chi connectivity index (χ2v) is 4.24. The first kappa shape index (κ1) is 10.7. The summed E-state index contributed by atoms with van der Waals surface area (Å²) < 4.78 is 0. The topological polar surface area (TPSA) is 42.0 Å². The van der Waals surface area contributed by atoms with Crippen molar-refractivity contribution in [2.45, 2.75) is 6.92 Å². The van der Waals surface area contributed by atoms with Crippen molar-refractivity contribution in [2.75, 3.05) is 5.32 Å². The number of rotatable bonds is 1. The van der Waals surface area contributed by atoms with Gasteiger partial charge in [-0.25, -0.2) is 0 Å². The Labute approximate surface area is 105 Å². The van der Waals surface area contributed by atoms with E-state index in [0.29, 0.717) is 0 Å². The van der Waals surface area contributed by atoms with Gasteiger partial charge in [-0.2, -0.15) is 0 Å². The van der Waals surface area contributed by atoms with E-state index in [1.807, 2.05) is 43.3 Å². The summed E-state index contributed by atoms with van der Waals surface area (Å²) in [7, 11) is 0. The van der Waals surface area contributed by atoms with E-state index in [1.54, 1.807) is 12.4 Å². The third-order valence-electron chi connectivity index (χ3n) is 3.14. The maximum atomic E-state index is 12.1. The summed E-state index contributed by atoms with van der Waals surface area (Å²) in [5.41, 5.74) is 4.49. The molecule has 0 bridgehead atoms. The van der Waals surface area contributed by atoms with Crippen LogP contribution in [0, 0.1) is 0 Å². The van der Waals surface area contributed by atoms with E-state index in [9.17, 15) is 4.79 Å². The fraction of sp³-hybridized carbons (Fsp3) is 0.0667. The lowest BCUT2D eigenvalue weighted by Crippen LogP contribution is -2.05. The third-order valence-corrected chi connectivity index (χ3v) is 3.14. The lowest BCUT2D eigenvalue weighted by molar-refractivity contribution is -0.110. The van der Waals surface area contributed by atoms with Gasteiger partial charge in [0.05, 0.1) is 5.57 Å². The zero-order valence-corrected chi connectivity index (χ0v) is 9.97. The number of allylic oxidation sites excluding steroid dienone is 1. The molecule has 0 saturated heterocycles. The molecule has 0 fully saturated rings. The highest BCUT2D eigenvalue weighted by Gasteiger charge is 2.25. The highest BCUT2D eigenvalue weighted by molar-refractivity contribution is 6.36. The Hall–Kier alpha value is -2.42. The number of amides is 1. The molecule has 1 aliphatic rings. The Morgan fingerprint density at radius 3 is 2.78 bits per heavy atom. The standard InChI is InChI=1S/C15H12N2O/c1-10(11-5-4-8-16-9-11)14-12-6-2-3-7-13(12)17-15(14)18/h2-9H,1H3,(H,17,18)/b14-10-. The zero-order chi connectivity index (χ0) is 12.5. The number of carbonyl (C=O) groups is 1. The summed E-state index contributed by atoms with van der Waals surface area (Å²) in [6, 6.07) is 11.6. The molecular formula is C15H12N2O. The molecule has 1 aromatic carbocycles. The number of hydrogen-bond donors (Lipinski definition) is 1. The fourth-order valence-electron chi connectivity index (χ4n) is 2.22. The predicted molar refractivity (Wildman–Crippen MR) is 71.8 cm³/mol. The minimum absolute atomic E-state index is 0.0439. The van der Waals surface area contributed by atoms with Gasteiger partial charge in [0.25, 0.3) is 5.91 Å². The maximum Gasteiger partial charge on any atom is 0.256 e. The molecule has 1 aromatic heterocycles. The summed E-state index contributed by atoms with van der Waals surface area (Å²) in [6.45, 7) is 1.95. The molecule has 0 atom stereocenters. The van der Waals surface area contributed by atoms with Gasteiger partial charge >= 0.3 is 0 Å². The van der Waals surface area contributed by atoms with Crippen LogP contribution in [0.3, 0.4) is 0 Å². The fourth-order valence-corrected chi connectivity index (χ4v) is 2.22. The molecule has 3 rings (SSSR count). The van der Waals surface area contributed by atoms with E-state index in [0.717, 1.165) is 28.0 Å². The van der Waals surface area contributed by atoms with Crippen LogP contribution in [0.4, 0.5) is 5.69 Å². The van der Waals surface area contributed by atoms with Gasteiger partial charge in [0.1, 0.15) is 0 Å². The highest BCUT2D eigenvalue weighted by atomic mass is 16.2. The number of fused-ring (bicyclic) bond motifs is 1. The van der Waals surface area contributed by atoms with Gasteiger partial charge < -0.3 is 5.32 Å². The zero-order valence-electron chi connectivity index (χ0n) is 9.97. The number of nitrogens with one attached hydrogen (secondary N) is 1. The van der Waals surface area contributed by atoms with Gasteiger partial charge in [-0.1, -0.05) is 24.3 Å². The van der Waals surface area contributed by atoms with E-state index in [-0.39, 0.29) is 5.91 Å². The molecule has 2 aromatic rings. The summed E-state index contributed by atoms with van der Waals surface area (Å²) in [5.74, 6) is -0.0439. The van der Waals surface area contributed by atoms with E-state index >= 15 is 0 Å². The minimum atomic E-state index is -0.0439. The van der Waals surface area contributed by atoms with Gasteiger partial charge in [-0.05, 0) is 30.2 Å². The molecule has 0 unspecified atom stereocenters. The molecule has 0 spiro atoms. The molecule has 1 N–H and O–H groups in total. The van der Waals surface area contributed by atoms with Crippen LogP contribution in [0.15, 0.2) is 48.8 Å². The van der Waals surface area contributed by atoms with Gasteiger partial charge in [0, 0.05) is 23.6 Å². The molecule has 0 radical (unpaired) electrons. The number of para-hydroxylation sites is 1. The number of pyridine rings is 1. The van der Waals surface area contributed by atoms with Crippen LogP contribution >= 0.6 is 0 Å². The summed E-state index contributed by atoms with van der Waals surface area (Å²) in [5, 5.41) is 2.88. The number of benzene rings is 1. The van der Waals surface area contributed by atoms with Crippen LogP contribution in [-0.2, 0) is 4.79 Å². The molecule has 0 saturated carbocycles. The summed E-state index contributed by atoms with van der Waals surface area (Å²) in [4.78, 5) is 16.1. The number of aromatic nitrogens is 1. The van der Waals surface area contributed by atoms with E-state index < -0.39 is 0 Å². The number of hydrogen-bond acceptors (Lipinski definition) is 2. The van der Waals surface area contributed by atoms with Crippen LogP contribution in [0.1, 0.15) is 18.1 Å². The summed E-state index contributed by atoms with van der Waals surface area (Å²) in [6.07, 6.45) is 3.50. The van der Waals surface area contributed by atoms with Crippen LogP contribution in [0.2, 0.25) is 0 Å². The SMILES string of the molecule is C/C(=C1/C(=O)Nc2ccccc21)c1cccnc1. The smallest absolute Gasteiger partial charge is 0.256 e. The van der Waals surface area contributed by atoms with Crippen molar-refractivity contribution in [1.29, 1.82) is 0 Å². The van der Waals surface area contributed by atoms with Crippen LogP contribution in [0.25, 0.3) is 11.1 Å². The molecule has 2 heterocycles. The first-order valence-corrected chi connectivity index (χ1v) is 5.79. The Kier molecular flexibility index (Phi) is 2.45.